The lowest BCUT2D eigenvalue weighted by atomic mass is 9.85. The first-order chi connectivity index (χ1) is 18.8. The van der Waals surface area contributed by atoms with Gasteiger partial charge in [-0.15, -0.1) is 0 Å². The highest BCUT2D eigenvalue weighted by molar-refractivity contribution is 5.94. The van der Waals surface area contributed by atoms with Crippen molar-refractivity contribution in [3.8, 4) is 11.4 Å². The number of esters is 2. The fraction of sp³-hybridized carbons (Fsp3) is 0.241. The molecule has 0 saturated heterocycles. The number of para-hydroxylation sites is 1. The van der Waals surface area contributed by atoms with E-state index in [0.29, 0.717) is 17.9 Å². The van der Waals surface area contributed by atoms with Crippen LogP contribution in [0.3, 0.4) is 0 Å². The van der Waals surface area contributed by atoms with Gasteiger partial charge in [-0.2, -0.15) is 0 Å². The van der Waals surface area contributed by atoms with Crippen molar-refractivity contribution >= 4 is 28.5 Å². The highest BCUT2D eigenvalue weighted by Gasteiger charge is 2.50. The number of fused-ring (bicyclic) bond motifs is 5. The summed E-state index contributed by atoms with van der Waals surface area (Å²) in [5, 5.41) is 12.2. The molecule has 0 radical (unpaired) electrons. The van der Waals surface area contributed by atoms with Crippen molar-refractivity contribution in [3.63, 3.8) is 0 Å². The molecular weight excluding hydrogens is 502 g/mol. The Morgan fingerprint density at radius 3 is 2.67 bits per heavy atom. The molecule has 0 unspecified atom stereocenters. The zero-order valence-electron chi connectivity index (χ0n) is 21.2. The number of carbonyl (C=O) groups excluding carboxylic acids is 2. The molecule has 2 aromatic heterocycles. The molecule has 2 aliphatic rings. The summed E-state index contributed by atoms with van der Waals surface area (Å²) in [5.74, 6) is -1.75. The van der Waals surface area contributed by atoms with Crippen LogP contribution >= 0.6 is 0 Å². The van der Waals surface area contributed by atoms with Gasteiger partial charge in [-0.3, -0.25) is 14.9 Å². The summed E-state index contributed by atoms with van der Waals surface area (Å²) in [6, 6.07) is 14.5. The zero-order chi connectivity index (χ0) is 27.5. The van der Waals surface area contributed by atoms with Gasteiger partial charge in [0.05, 0.1) is 39.5 Å². The van der Waals surface area contributed by atoms with Gasteiger partial charge in [0, 0.05) is 28.6 Å². The van der Waals surface area contributed by atoms with Gasteiger partial charge in [0.2, 0.25) is 5.60 Å². The smallest absolute Gasteiger partial charge is 0.355 e. The molecule has 1 atom stereocenters. The molecule has 4 aromatic rings. The van der Waals surface area contributed by atoms with Gasteiger partial charge in [-0.25, -0.2) is 14.6 Å². The minimum Gasteiger partial charge on any atom is -0.457 e. The van der Waals surface area contributed by atoms with E-state index in [-0.39, 0.29) is 41.0 Å². The number of aryl methyl sites for hydroxylation is 1. The monoisotopic (exact) mass is 525 g/mol. The Bertz CT molecular complexity index is 1790. The van der Waals surface area contributed by atoms with Crippen molar-refractivity contribution < 1.29 is 24.0 Å². The fourth-order valence-electron chi connectivity index (χ4n) is 5.64. The van der Waals surface area contributed by atoms with Crippen molar-refractivity contribution in [2.75, 3.05) is 0 Å². The molecule has 0 saturated carbocycles. The third-order valence-electron chi connectivity index (χ3n) is 7.59. The Morgan fingerprint density at radius 2 is 1.92 bits per heavy atom. The number of benzene rings is 2. The summed E-state index contributed by atoms with van der Waals surface area (Å²) in [4.78, 5) is 55.7. The van der Waals surface area contributed by atoms with Crippen LogP contribution in [0.25, 0.3) is 22.3 Å². The number of hydrogen-bond donors (Lipinski definition) is 0. The van der Waals surface area contributed by atoms with Crippen LogP contribution in [0.1, 0.15) is 52.9 Å². The van der Waals surface area contributed by atoms with Gasteiger partial charge in [-0.05, 0) is 36.6 Å². The van der Waals surface area contributed by atoms with Crippen LogP contribution in [0, 0.1) is 10.1 Å². The average molecular weight is 526 g/mol. The van der Waals surface area contributed by atoms with Crippen LogP contribution in [0.4, 0.5) is 5.69 Å². The molecule has 0 bridgehead atoms. The Balaban J connectivity index is 1.53. The summed E-state index contributed by atoms with van der Waals surface area (Å²) in [6.07, 6.45) is 0.732. The van der Waals surface area contributed by atoms with Crippen molar-refractivity contribution in [1.82, 2.24) is 9.55 Å². The number of nitro groups is 1. The van der Waals surface area contributed by atoms with Gasteiger partial charge < -0.3 is 14.0 Å². The number of ether oxygens (including phenoxy) is 2. The molecule has 4 heterocycles. The molecule has 10 heteroatoms. The summed E-state index contributed by atoms with van der Waals surface area (Å²) in [7, 11) is 0. The third-order valence-corrected chi connectivity index (χ3v) is 7.59. The number of non-ortho nitro benzene ring substituents is 1. The van der Waals surface area contributed by atoms with Gasteiger partial charge in [0.15, 0.2) is 0 Å². The third kappa shape index (κ3) is 3.55. The molecule has 6 rings (SSSR count). The van der Waals surface area contributed by atoms with Crippen LogP contribution in [-0.2, 0) is 39.4 Å². The van der Waals surface area contributed by atoms with E-state index in [9.17, 15) is 24.5 Å². The van der Waals surface area contributed by atoms with E-state index in [1.54, 1.807) is 17.6 Å². The quantitative estimate of drug-likeness (QED) is 0.187. The highest BCUT2D eigenvalue weighted by atomic mass is 16.6. The first-order valence-corrected chi connectivity index (χ1v) is 12.6. The minimum atomic E-state index is -1.91. The van der Waals surface area contributed by atoms with Crippen molar-refractivity contribution in [3.05, 3.63) is 103 Å². The largest absolute Gasteiger partial charge is 0.457 e. The van der Waals surface area contributed by atoms with Gasteiger partial charge >= 0.3 is 11.9 Å². The normalized spacial score (nSPS) is 17.2. The summed E-state index contributed by atoms with van der Waals surface area (Å²) < 4.78 is 12.8. The average Bonchev–Trinajstić information content (AvgIpc) is 3.31. The maximum absolute atomic E-state index is 13.8. The lowest BCUT2D eigenvalue weighted by Gasteiger charge is -2.35. The molecular formula is C29H23N3O7. The first-order valence-electron chi connectivity index (χ1n) is 12.6. The first kappa shape index (κ1) is 24.5. The Hall–Kier alpha value is -4.86. The molecule has 2 aromatic carbocycles. The minimum absolute atomic E-state index is 0.0133. The number of carbonyl (C=O) groups is 2. The van der Waals surface area contributed by atoms with Crippen molar-refractivity contribution in [2.24, 2.45) is 0 Å². The lowest BCUT2D eigenvalue weighted by Crippen LogP contribution is -2.47. The molecule has 196 valence electrons. The van der Waals surface area contributed by atoms with E-state index in [2.05, 4.69) is 6.92 Å². The second-order valence-corrected chi connectivity index (χ2v) is 9.55. The number of aromatic nitrogens is 2. The number of pyridine rings is 2. The van der Waals surface area contributed by atoms with Crippen molar-refractivity contribution in [1.29, 1.82) is 0 Å². The molecule has 39 heavy (non-hydrogen) atoms. The summed E-state index contributed by atoms with van der Waals surface area (Å²) >= 11 is 0. The number of hydrogen-bond acceptors (Lipinski definition) is 8. The lowest BCUT2D eigenvalue weighted by molar-refractivity contribution is -0.384. The van der Waals surface area contributed by atoms with E-state index < -0.39 is 22.5 Å². The topological polar surface area (TPSA) is 131 Å². The molecule has 0 spiro atoms. The van der Waals surface area contributed by atoms with E-state index >= 15 is 0 Å². The molecule has 10 nitrogen and oxygen atoms in total. The van der Waals surface area contributed by atoms with E-state index in [4.69, 9.17) is 14.5 Å². The molecule has 0 amide bonds. The molecule has 0 aliphatic carbocycles. The molecule has 0 fully saturated rings. The van der Waals surface area contributed by atoms with Crippen LogP contribution in [0.5, 0.6) is 0 Å². The highest BCUT2D eigenvalue weighted by Crippen LogP contribution is 2.42. The summed E-state index contributed by atoms with van der Waals surface area (Å²) in [5.41, 5.74) is 1.86. The van der Waals surface area contributed by atoms with Crippen LogP contribution in [-0.4, -0.2) is 26.4 Å². The second-order valence-electron chi connectivity index (χ2n) is 9.55. The van der Waals surface area contributed by atoms with Gasteiger partial charge in [-0.1, -0.05) is 38.1 Å². The number of nitrogens with zero attached hydrogens (tertiary/aromatic N) is 3. The van der Waals surface area contributed by atoms with E-state index in [0.717, 1.165) is 34.5 Å². The number of nitro benzene ring substituents is 1. The Kier molecular flexibility index (Phi) is 5.56. The van der Waals surface area contributed by atoms with Crippen LogP contribution in [0.2, 0.25) is 0 Å². The maximum atomic E-state index is 13.8. The standard InChI is InChI=1S/C29H23N3O7/c1-3-18-19-10-5-6-11-23(19)30-25-20(18)14-31-24(25)13-22-21(26(31)33)15-38-28(35)29(22,4-2)39-27(34)16-8-7-9-17(12-16)32(36)37/h5-13H,3-4,14-15H2,1-2H3/t29-/m0/s1. The fourth-order valence-corrected chi connectivity index (χ4v) is 5.64. The zero-order valence-corrected chi connectivity index (χ0v) is 21.2. The molecule has 0 N–H and O–H groups in total. The van der Waals surface area contributed by atoms with Crippen LogP contribution in [0.15, 0.2) is 59.4 Å². The van der Waals surface area contributed by atoms with Gasteiger partial charge in [0.1, 0.15) is 6.61 Å². The number of cyclic esters (lactones) is 1. The number of rotatable bonds is 5. The van der Waals surface area contributed by atoms with E-state index in [1.807, 2.05) is 24.3 Å². The maximum Gasteiger partial charge on any atom is 0.355 e. The van der Waals surface area contributed by atoms with Crippen LogP contribution < -0.4 is 5.56 Å². The van der Waals surface area contributed by atoms with Gasteiger partial charge in [0.25, 0.3) is 11.2 Å². The van der Waals surface area contributed by atoms with E-state index in [1.165, 1.54) is 18.2 Å². The SMILES string of the molecule is CCc1c2c(nc3ccccc13)-c1cc3c(c(=O)n1C2)COC(=O)[C@@]3(CC)OC(=O)c1cccc([N+](=O)[O-])c1. The second kappa shape index (κ2) is 8.87. The predicted molar refractivity (Wildman–Crippen MR) is 140 cm³/mol. The predicted octanol–water partition coefficient (Wildman–Crippen LogP) is 4.41. The van der Waals surface area contributed by atoms with Crippen molar-refractivity contribution in [2.45, 2.75) is 45.4 Å². The molecule has 2 aliphatic heterocycles. The Morgan fingerprint density at radius 1 is 1.13 bits per heavy atom. The summed E-state index contributed by atoms with van der Waals surface area (Å²) in [6.45, 7) is 3.78. The Labute approximate surface area is 222 Å².